The maximum absolute atomic E-state index is 12.4. The highest BCUT2D eigenvalue weighted by Gasteiger charge is 2.22. The number of hydrogen-bond donors (Lipinski definition) is 2. The molecule has 20 heavy (non-hydrogen) atoms. The maximum atomic E-state index is 12.4. The summed E-state index contributed by atoms with van der Waals surface area (Å²) in [4.78, 5) is 5.45. The van der Waals surface area contributed by atoms with Gasteiger partial charge in [0.15, 0.2) is 0 Å². The Morgan fingerprint density at radius 3 is 2.65 bits per heavy atom. The molecule has 5 nitrogen and oxygen atoms in total. The number of rotatable bonds is 4. The van der Waals surface area contributed by atoms with Crippen LogP contribution in [0.5, 0.6) is 0 Å². The van der Waals surface area contributed by atoms with Gasteiger partial charge >= 0.3 is 0 Å². The molecule has 0 aliphatic carbocycles. The Morgan fingerprint density at radius 1 is 1.35 bits per heavy atom. The number of hydrogen-bond acceptors (Lipinski definition) is 5. The summed E-state index contributed by atoms with van der Waals surface area (Å²) in [6.07, 6.45) is 1.73. The number of thiazole rings is 1. The fourth-order valence-electron chi connectivity index (χ4n) is 1.84. The van der Waals surface area contributed by atoms with Gasteiger partial charge in [0, 0.05) is 16.8 Å². The highest BCUT2D eigenvalue weighted by atomic mass is 32.2. The first-order valence-electron chi connectivity index (χ1n) is 6.11. The second kappa shape index (κ2) is 5.51. The van der Waals surface area contributed by atoms with Crippen LogP contribution in [-0.4, -0.2) is 13.4 Å². The number of nitrogens with two attached hydrogens (primary N) is 1. The zero-order valence-electron chi connectivity index (χ0n) is 11.5. The minimum absolute atomic E-state index is 0.206. The van der Waals surface area contributed by atoms with E-state index in [0.29, 0.717) is 11.3 Å². The van der Waals surface area contributed by atoms with E-state index in [1.807, 2.05) is 6.92 Å². The van der Waals surface area contributed by atoms with Crippen LogP contribution in [0.3, 0.4) is 0 Å². The molecular weight excluding hydrogens is 294 g/mol. The van der Waals surface area contributed by atoms with E-state index in [-0.39, 0.29) is 10.9 Å². The molecule has 108 valence electrons. The van der Waals surface area contributed by atoms with Crippen molar-refractivity contribution in [3.63, 3.8) is 0 Å². The molecule has 0 radical (unpaired) electrons. The van der Waals surface area contributed by atoms with Crippen LogP contribution in [0.1, 0.15) is 28.4 Å². The predicted octanol–water partition coefficient (Wildman–Crippen LogP) is 2.38. The molecule has 1 aromatic heterocycles. The normalized spacial score (nSPS) is 13.3. The molecule has 0 amide bonds. The lowest BCUT2D eigenvalue weighted by Crippen LogP contribution is -2.27. The summed E-state index contributed by atoms with van der Waals surface area (Å²) in [7, 11) is -3.61. The SMILES string of the molecule is Cc1cnc(C(C)NS(=O)(=O)c2cccc(N)c2C)s1. The highest BCUT2D eigenvalue weighted by Crippen LogP contribution is 2.24. The number of aryl methyl sites for hydroxylation is 1. The van der Waals surface area contributed by atoms with Gasteiger partial charge in [0.05, 0.1) is 10.9 Å². The van der Waals surface area contributed by atoms with Gasteiger partial charge in [-0.3, -0.25) is 0 Å². The van der Waals surface area contributed by atoms with E-state index in [9.17, 15) is 8.42 Å². The first-order valence-corrected chi connectivity index (χ1v) is 8.41. The number of sulfonamides is 1. The number of nitrogens with zero attached hydrogens (tertiary/aromatic N) is 1. The maximum Gasteiger partial charge on any atom is 0.241 e. The average Bonchev–Trinajstić information content (AvgIpc) is 2.79. The zero-order valence-corrected chi connectivity index (χ0v) is 13.2. The Morgan fingerprint density at radius 2 is 2.05 bits per heavy atom. The van der Waals surface area contributed by atoms with Crippen molar-refractivity contribution in [1.29, 1.82) is 0 Å². The van der Waals surface area contributed by atoms with Crippen LogP contribution in [0, 0.1) is 13.8 Å². The lowest BCUT2D eigenvalue weighted by Gasteiger charge is -2.14. The minimum atomic E-state index is -3.61. The molecule has 0 aliphatic heterocycles. The smallest absolute Gasteiger partial charge is 0.241 e. The van der Waals surface area contributed by atoms with Crippen molar-refractivity contribution in [3.8, 4) is 0 Å². The van der Waals surface area contributed by atoms with Crippen molar-refractivity contribution in [3.05, 3.63) is 39.8 Å². The third-order valence-corrected chi connectivity index (χ3v) is 5.74. The molecule has 0 bridgehead atoms. The average molecular weight is 311 g/mol. The molecule has 0 spiro atoms. The molecule has 0 aliphatic rings. The number of anilines is 1. The summed E-state index contributed by atoms with van der Waals surface area (Å²) < 4.78 is 27.4. The Balaban J connectivity index is 2.30. The van der Waals surface area contributed by atoms with Crippen molar-refractivity contribution < 1.29 is 8.42 Å². The predicted molar refractivity (Wildman–Crippen MR) is 81.2 cm³/mol. The van der Waals surface area contributed by atoms with Crippen molar-refractivity contribution in [2.24, 2.45) is 0 Å². The Bertz CT molecular complexity index is 723. The van der Waals surface area contributed by atoms with Gasteiger partial charge in [-0.15, -0.1) is 11.3 Å². The minimum Gasteiger partial charge on any atom is -0.398 e. The van der Waals surface area contributed by atoms with Crippen molar-refractivity contribution in [1.82, 2.24) is 9.71 Å². The van der Waals surface area contributed by atoms with Crippen molar-refractivity contribution in [2.45, 2.75) is 31.7 Å². The summed E-state index contributed by atoms with van der Waals surface area (Å²) in [5.41, 5.74) is 6.78. The molecule has 2 aromatic rings. The molecule has 0 saturated carbocycles. The first-order chi connectivity index (χ1) is 9.31. The van der Waals surface area contributed by atoms with E-state index >= 15 is 0 Å². The lowest BCUT2D eigenvalue weighted by molar-refractivity contribution is 0.566. The second-order valence-electron chi connectivity index (χ2n) is 4.62. The van der Waals surface area contributed by atoms with Crippen LogP contribution < -0.4 is 10.5 Å². The molecule has 1 heterocycles. The number of nitrogen functional groups attached to an aromatic ring is 1. The van der Waals surface area contributed by atoms with Gasteiger partial charge < -0.3 is 5.73 Å². The van der Waals surface area contributed by atoms with Crippen LogP contribution in [-0.2, 0) is 10.0 Å². The summed E-state index contributed by atoms with van der Waals surface area (Å²) in [6.45, 7) is 5.41. The van der Waals surface area contributed by atoms with Crippen LogP contribution in [0.25, 0.3) is 0 Å². The van der Waals surface area contributed by atoms with Crippen LogP contribution in [0.4, 0.5) is 5.69 Å². The van der Waals surface area contributed by atoms with E-state index in [4.69, 9.17) is 5.73 Å². The molecule has 1 aromatic carbocycles. The van der Waals surface area contributed by atoms with Crippen LogP contribution >= 0.6 is 11.3 Å². The molecular formula is C13H17N3O2S2. The molecule has 0 saturated heterocycles. The zero-order chi connectivity index (χ0) is 14.9. The number of nitrogens with one attached hydrogen (secondary N) is 1. The van der Waals surface area contributed by atoms with Gasteiger partial charge in [0.25, 0.3) is 0 Å². The van der Waals surface area contributed by atoms with Crippen LogP contribution in [0.15, 0.2) is 29.3 Å². The van der Waals surface area contributed by atoms with E-state index < -0.39 is 10.0 Å². The van der Waals surface area contributed by atoms with Crippen molar-refractivity contribution in [2.75, 3.05) is 5.73 Å². The second-order valence-corrected chi connectivity index (χ2v) is 7.57. The quantitative estimate of drug-likeness (QED) is 0.849. The summed E-state index contributed by atoms with van der Waals surface area (Å²) in [5, 5.41) is 0.743. The molecule has 1 atom stereocenters. The van der Waals surface area contributed by atoms with Gasteiger partial charge in [-0.05, 0) is 38.5 Å². The Hall–Kier alpha value is -1.44. The van der Waals surface area contributed by atoms with Crippen LogP contribution in [0.2, 0.25) is 0 Å². The highest BCUT2D eigenvalue weighted by molar-refractivity contribution is 7.89. The lowest BCUT2D eigenvalue weighted by atomic mass is 10.2. The number of aromatic nitrogens is 1. The Kier molecular flexibility index (Phi) is 4.12. The monoisotopic (exact) mass is 311 g/mol. The van der Waals surface area contributed by atoms with Gasteiger partial charge in [0.2, 0.25) is 10.0 Å². The van der Waals surface area contributed by atoms with Gasteiger partial charge in [-0.1, -0.05) is 6.07 Å². The number of benzene rings is 1. The third kappa shape index (κ3) is 3.00. The topological polar surface area (TPSA) is 85.1 Å². The fraction of sp³-hybridized carbons (Fsp3) is 0.308. The van der Waals surface area contributed by atoms with Gasteiger partial charge in [-0.25, -0.2) is 18.1 Å². The van der Waals surface area contributed by atoms with Crippen molar-refractivity contribution >= 4 is 27.0 Å². The van der Waals surface area contributed by atoms with E-state index in [1.54, 1.807) is 38.2 Å². The summed E-state index contributed by atoms with van der Waals surface area (Å²) in [5.74, 6) is 0. The molecule has 3 N–H and O–H groups in total. The fourth-order valence-corrected chi connectivity index (χ4v) is 4.18. The van der Waals surface area contributed by atoms with Gasteiger partial charge in [0.1, 0.15) is 5.01 Å². The summed E-state index contributed by atoms with van der Waals surface area (Å²) in [6, 6.07) is 4.49. The molecule has 7 heteroatoms. The largest absolute Gasteiger partial charge is 0.398 e. The standard InChI is InChI=1S/C13H17N3O2S2/c1-8-7-15-13(19-8)10(3)16-20(17,18)12-6-4-5-11(14)9(12)2/h4-7,10,16H,14H2,1-3H3. The summed E-state index contributed by atoms with van der Waals surface area (Å²) >= 11 is 1.48. The molecule has 1 unspecified atom stereocenters. The van der Waals surface area contributed by atoms with E-state index in [0.717, 1.165) is 9.88 Å². The molecule has 2 rings (SSSR count). The Labute approximate surface area is 122 Å². The van der Waals surface area contributed by atoms with E-state index in [2.05, 4.69) is 9.71 Å². The van der Waals surface area contributed by atoms with Gasteiger partial charge in [-0.2, -0.15) is 0 Å². The van der Waals surface area contributed by atoms with E-state index in [1.165, 1.54) is 11.3 Å². The molecule has 0 fully saturated rings. The first kappa shape index (κ1) is 15.0. The third-order valence-electron chi connectivity index (χ3n) is 2.96.